The summed E-state index contributed by atoms with van der Waals surface area (Å²) in [7, 11) is 0. The molecule has 3 aromatic heterocycles. The van der Waals surface area contributed by atoms with Gasteiger partial charge in [0.2, 0.25) is 5.95 Å². The van der Waals surface area contributed by atoms with Crippen LogP contribution in [-0.4, -0.2) is 50.0 Å². The topological polar surface area (TPSA) is 84.6 Å². The van der Waals surface area contributed by atoms with E-state index in [9.17, 15) is 9.50 Å². The van der Waals surface area contributed by atoms with Crippen LogP contribution in [0.25, 0.3) is 16.9 Å². The molecule has 0 bridgehead atoms. The maximum atomic E-state index is 14.4. The van der Waals surface area contributed by atoms with Gasteiger partial charge in [-0.1, -0.05) is 19.9 Å². The van der Waals surface area contributed by atoms with Crippen molar-refractivity contribution in [1.29, 1.82) is 0 Å². The number of aliphatic hydroxyl groups is 1. The number of hydrogen-bond acceptors (Lipinski definition) is 6. The van der Waals surface area contributed by atoms with Gasteiger partial charge in [0.1, 0.15) is 5.52 Å². The average molecular weight is 385 g/mol. The zero-order valence-corrected chi connectivity index (χ0v) is 16.0. The number of halogens is 1. The Kier molecular flexibility index (Phi) is 5.23. The predicted octanol–water partition coefficient (Wildman–Crippen LogP) is 3.01. The van der Waals surface area contributed by atoms with Crippen LogP contribution in [0.1, 0.15) is 38.2 Å². The number of pyridine rings is 1. The Balaban J connectivity index is 1.67. The number of aromatic nitrogens is 4. The molecule has 1 aliphatic heterocycles. The van der Waals surface area contributed by atoms with Gasteiger partial charge in [-0.25, -0.2) is 13.9 Å². The molecule has 1 saturated heterocycles. The van der Waals surface area contributed by atoms with E-state index >= 15 is 0 Å². The first-order valence-electron chi connectivity index (χ1n) is 9.59. The number of nitrogens with one attached hydrogen (secondary N) is 1. The molecule has 148 valence electrons. The van der Waals surface area contributed by atoms with Crippen LogP contribution in [0, 0.1) is 5.82 Å². The molecule has 4 heterocycles. The van der Waals surface area contributed by atoms with Crippen molar-refractivity contribution in [2.24, 2.45) is 0 Å². The van der Waals surface area contributed by atoms with Crippen LogP contribution in [0.4, 0.5) is 10.3 Å². The molecule has 0 radical (unpaired) electrons. The molecule has 1 aliphatic rings. The van der Waals surface area contributed by atoms with E-state index < -0.39 is 11.9 Å². The highest BCUT2D eigenvalue weighted by Crippen LogP contribution is 2.25. The molecular weight excluding hydrogens is 361 g/mol. The number of nitrogens with zero attached hydrogens (tertiary/aromatic N) is 4. The van der Waals surface area contributed by atoms with Crippen molar-refractivity contribution < 1.29 is 14.2 Å². The lowest BCUT2D eigenvalue weighted by molar-refractivity contribution is -0.0136. The average Bonchev–Trinajstić information content (AvgIpc) is 3.05. The van der Waals surface area contributed by atoms with Crippen molar-refractivity contribution in [3.63, 3.8) is 0 Å². The van der Waals surface area contributed by atoms with E-state index in [0.29, 0.717) is 36.3 Å². The first-order valence-corrected chi connectivity index (χ1v) is 9.59. The van der Waals surface area contributed by atoms with E-state index in [1.54, 1.807) is 0 Å². The van der Waals surface area contributed by atoms with E-state index in [1.165, 1.54) is 16.8 Å². The van der Waals surface area contributed by atoms with Gasteiger partial charge in [0.05, 0.1) is 36.3 Å². The summed E-state index contributed by atoms with van der Waals surface area (Å²) < 4.78 is 21.1. The fourth-order valence-corrected chi connectivity index (χ4v) is 3.34. The van der Waals surface area contributed by atoms with Crippen LogP contribution < -0.4 is 5.32 Å². The number of ether oxygens (including phenoxy) is 1. The van der Waals surface area contributed by atoms with E-state index in [-0.39, 0.29) is 18.2 Å². The van der Waals surface area contributed by atoms with E-state index in [2.05, 4.69) is 34.2 Å². The standard InChI is InChI=1S/C20H24FN5O2/c1-3-12(2)13-4-5-15(22-9-13)17-8-14(21)18-10-23-20(25-26(17)18)24-16-6-7-28-11-19(16)27/h4-5,8-10,12,16,19,27H,3,6-7,11H2,1-2H3,(H,24,25)/t12?,16-,19-/m1/s1. The zero-order valence-electron chi connectivity index (χ0n) is 16.0. The zero-order chi connectivity index (χ0) is 19.7. The highest BCUT2D eigenvalue weighted by molar-refractivity contribution is 5.64. The Hall–Kier alpha value is -2.58. The van der Waals surface area contributed by atoms with Gasteiger partial charge >= 0.3 is 0 Å². The second-order valence-electron chi connectivity index (χ2n) is 7.22. The van der Waals surface area contributed by atoms with Gasteiger partial charge in [0.25, 0.3) is 0 Å². The molecule has 4 rings (SSSR count). The molecule has 0 saturated carbocycles. The smallest absolute Gasteiger partial charge is 0.241 e. The maximum absolute atomic E-state index is 14.4. The third-order valence-electron chi connectivity index (χ3n) is 5.34. The molecule has 1 fully saturated rings. The molecule has 28 heavy (non-hydrogen) atoms. The summed E-state index contributed by atoms with van der Waals surface area (Å²) in [6, 6.07) is 5.12. The van der Waals surface area contributed by atoms with Crippen molar-refractivity contribution >= 4 is 11.5 Å². The summed E-state index contributed by atoms with van der Waals surface area (Å²) in [6.07, 6.45) is 4.31. The van der Waals surface area contributed by atoms with Crippen molar-refractivity contribution in [3.05, 3.63) is 42.0 Å². The maximum Gasteiger partial charge on any atom is 0.241 e. The summed E-state index contributed by atoms with van der Waals surface area (Å²) in [5, 5.41) is 17.6. The van der Waals surface area contributed by atoms with Crippen LogP contribution in [0.3, 0.4) is 0 Å². The van der Waals surface area contributed by atoms with Gasteiger partial charge in [-0.05, 0) is 30.4 Å². The SMILES string of the molecule is CCC(C)c1ccc(-c2cc(F)c3cnc(N[C@@H]4CCOC[C@H]4O)nn23)nc1. The number of anilines is 1. The Bertz CT molecular complexity index is 959. The van der Waals surface area contributed by atoms with Gasteiger partial charge in [-0.15, -0.1) is 5.10 Å². The molecule has 1 unspecified atom stereocenters. The summed E-state index contributed by atoms with van der Waals surface area (Å²) in [4.78, 5) is 8.71. The van der Waals surface area contributed by atoms with Crippen LogP contribution in [0.15, 0.2) is 30.6 Å². The third kappa shape index (κ3) is 3.57. The molecule has 0 aliphatic carbocycles. The summed E-state index contributed by atoms with van der Waals surface area (Å²) in [5.41, 5.74) is 2.63. The lowest BCUT2D eigenvalue weighted by Crippen LogP contribution is -2.42. The Labute approximate surface area is 162 Å². The summed E-state index contributed by atoms with van der Waals surface area (Å²) >= 11 is 0. The van der Waals surface area contributed by atoms with Crippen LogP contribution in [-0.2, 0) is 4.74 Å². The largest absolute Gasteiger partial charge is 0.389 e. The van der Waals surface area contributed by atoms with E-state index in [0.717, 1.165) is 12.0 Å². The highest BCUT2D eigenvalue weighted by atomic mass is 19.1. The first-order chi connectivity index (χ1) is 13.6. The highest BCUT2D eigenvalue weighted by Gasteiger charge is 2.24. The van der Waals surface area contributed by atoms with Crippen LogP contribution in [0.5, 0.6) is 0 Å². The molecular formula is C20H24FN5O2. The number of hydrogen-bond donors (Lipinski definition) is 2. The van der Waals surface area contributed by atoms with E-state index in [4.69, 9.17) is 4.74 Å². The molecule has 8 heteroatoms. The van der Waals surface area contributed by atoms with Crippen molar-refractivity contribution in [3.8, 4) is 11.4 Å². The van der Waals surface area contributed by atoms with Crippen LogP contribution >= 0.6 is 0 Å². The van der Waals surface area contributed by atoms with Gasteiger partial charge in [0.15, 0.2) is 5.82 Å². The minimum absolute atomic E-state index is 0.206. The lowest BCUT2D eigenvalue weighted by Gasteiger charge is -2.28. The van der Waals surface area contributed by atoms with E-state index in [1.807, 2.05) is 18.3 Å². The second kappa shape index (κ2) is 7.81. The number of fused-ring (bicyclic) bond motifs is 1. The molecule has 0 spiro atoms. The fourth-order valence-electron chi connectivity index (χ4n) is 3.34. The quantitative estimate of drug-likeness (QED) is 0.702. The van der Waals surface area contributed by atoms with Crippen molar-refractivity contribution in [1.82, 2.24) is 19.6 Å². The van der Waals surface area contributed by atoms with Crippen LogP contribution in [0.2, 0.25) is 0 Å². The van der Waals surface area contributed by atoms with Crippen molar-refractivity contribution in [2.45, 2.75) is 44.8 Å². The molecule has 2 N–H and O–H groups in total. The Morgan fingerprint density at radius 2 is 2.21 bits per heavy atom. The predicted molar refractivity (Wildman–Crippen MR) is 104 cm³/mol. The van der Waals surface area contributed by atoms with Gasteiger partial charge < -0.3 is 15.2 Å². The molecule has 3 aromatic rings. The van der Waals surface area contributed by atoms with Gasteiger partial charge in [0, 0.05) is 18.9 Å². The summed E-state index contributed by atoms with van der Waals surface area (Å²) in [6.45, 7) is 5.12. The minimum Gasteiger partial charge on any atom is -0.389 e. The van der Waals surface area contributed by atoms with Gasteiger partial charge in [-0.2, -0.15) is 0 Å². The number of rotatable bonds is 5. The summed E-state index contributed by atoms with van der Waals surface area (Å²) in [5.74, 6) is 0.346. The van der Waals surface area contributed by atoms with Crippen molar-refractivity contribution in [2.75, 3.05) is 18.5 Å². The lowest BCUT2D eigenvalue weighted by atomic mass is 10.0. The fraction of sp³-hybridized carbons (Fsp3) is 0.450. The second-order valence-corrected chi connectivity index (χ2v) is 7.22. The first kappa shape index (κ1) is 18.8. The van der Waals surface area contributed by atoms with Gasteiger partial charge in [-0.3, -0.25) is 4.98 Å². The molecule has 0 amide bonds. The molecule has 7 nitrogen and oxygen atoms in total. The number of aliphatic hydroxyl groups excluding tert-OH is 1. The molecule has 0 aromatic carbocycles. The Morgan fingerprint density at radius 1 is 1.36 bits per heavy atom. The third-order valence-corrected chi connectivity index (χ3v) is 5.34. The monoisotopic (exact) mass is 385 g/mol. The Morgan fingerprint density at radius 3 is 2.93 bits per heavy atom. The normalized spacial score (nSPS) is 21.0. The minimum atomic E-state index is -0.635. The molecule has 3 atom stereocenters.